The standard InChI is InChI=1S/C12H15ClN4O3S/c1-7-6-16(2-3-21-7)12(18)8-4-9(13)11(15-14)10(5-8)17(19)20/h4-5,7,15H,2-3,6,14H2,1H3. The number of amides is 1. The first-order chi connectivity index (χ1) is 9.93. The average Bonchev–Trinajstić information content (AvgIpc) is 2.45. The van der Waals surface area contributed by atoms with Gasteiger partial charge in [-0.1, -0.05) is 18.5 Å². The molecule has 0 spiro atoms. The maximum absolute atomic E-state index is 12.5. The van der Waals surface area contributed by atoms with Gasteiger partial charge in [-0.3, -0.25) is 20.8 Å². The van der Waals surface area contributed by atoms with Crippen LogP contribution < -0.4 is 11.3 Å². The number of nitro groups is 1. The van der Waals surface area contributed by atoms with E-state index in [0.29, 0.717) is 18.3 Å². The lowest BCUT2D eigenvalue weighted by Gasteiger charge is -2.30. The number of benzene rings is 1. The van der Waals surface area contributed by atoms with Gasteiger partial charge in [-0.15, -0.1) is 0 Å². The monoisotopic (exact) mass is 330 g/mol. The highest BCUT2D eigenvalue weighted by Gasteiger charge is 2.26. The summed E-state index contributed by atoms with van der Waals surface area (Å²) in [6.07, 6.45) is 0. The Hall–Kier alpha value is -1.51. The molecule has 2 rings (SSSR count). The number of nitrogens with two attached hydrogens (primary N) is 1. The van der Waals surface area contributed by atoms with Gasteiger partial charge in [0.1, 0.15) is 5.69 Å². The Morgan fingerprint density at radius 3 is 2.90 bits per heavy atom. The van der Waals surface area contributed by atoms with Crippen molar-refractivity contribution in [2.75, 3.05) is 24.3 Å². The third-order valence-electron chi connectivity index (χ3n) is 3.19. The molecule has 1 heterocycles. The van der Waals surface area contributed by atoms with Gasteiger partial charge in [0.05, 0.1) is 9.95 Å². The minimum absolute atomic E-state index is 0.000726. The van der Waals surface area contributed by atoms with Crippen LogP contribution in [0.1, 0.15) is 17.3 Å². The second kappa shape index (κ2) is 6.50. The van der Waals surface area contributed by atoms with Gasteiger partial charge in [-0.05, 0) is 6.07 Å². The number of anilines is 1. The van der Waals surface area contributed by atoms with Crippen molar-refractivity contribution in [1.29, 1.82) is 0 Å². The summed E-state index contributed by atoms with van der Waals surface area (Å²) in [5, 5.41) is 11.5. The van der Waals surface area contributed by atoms with Crippen molar-refractivity contribution in [3.05, 3.63) is 32.8 Å². The Balaban J connectivity index is 2.35. The highest BCUT2D eigenvalue weighted by Crippen LogP contribution is 2.33. The van der Waals surface area contributed by atoms with E-state index in [9.17, 15) is 14.9 Å². The molecule has 1 amide bonds. The van der Waals surface area contributed by atoms with E-state index in [1.807, 2.05) is 6.92 Å². The van der Waals surface area contributed by atoms with E-state index in [1.54, 1.807) is 16.7 Å². The molecule has 0 radical (unpaired) electrons. The van der Waals surface area contributed by atoms with E-state index in [-0.39, 0.29) is 27.9 Å². The number of hydrogen-bond donors (Lipinski definition) is 2. The highest BCUT2D eigenvalue weighted by molar-refractivity contribution is 7.99. The zero-order chi connectivity index (χ0) is 15.6. The largest absolute Gasteiger partial charge is 0.337 e. The highest BCUT2D eigenvalue weighted by atomic mass is 35.5. The van der Waals surface area contributed by atoms with Gasteiger partial charge in [0, 0.05) is 35.7 Å². The van der Waals surface area contributed by atoms with Gasteiger partial charge >= 0.3 is 0 Å². The molecule has 1 unspecified atom stereocenters. The smallest absolute Gasteiger partial charge is 0.295 e. The maximum atomic E-state index is 12.5. The Labute approximate surface area is 130 Å². The third-order valence-corrected chi connectivity index (χ3v) is 4.62. The summed E-state index contributed by atoms with van der Waals surface area (Å²) in [5.41, 5.74) is 2.08. The van der Waals surface area contributed by atoms with Crippen LogP contribution in [0.5, 0.6) is 0 Å². The third kappa shape index (κ3) is 3.39. The second-order valence-corrected chi connectivity index (χ2v) is 6.64. The molecule has 0 aliphatic carbocycles. The van der Waals surface area contributed by atoms with Crippen LogP contribution in [0.4, 0.5) is 11.4 Å². The van der Waals surface area contributed by atoms with Gasteiger partial charge in [0.15, 0.2) is 0 Å². The molecule has 0 saturated carbocycles. The number of nitrogens with one attached hydrogen (secondary N) is 1. The Kier molecular flexibility index (Phi) is 4.92. The van der Waals surface area contributed by atoms with Crippen molar-refractivity contribution < 1.29 is 9.72 Å². The number of nitrogens with zero attached hydrogens (tertiary/aromatic N) is 2. The minimum Gasteiger partial charge on any atom is -0.337 e. The van der Waals surface area contributed by atoms with E-state index in [4.69, 9.17) is 17.4 Å². The summed E-state index contributed by atoms with van der Waals surface area (Å²) in [4.78, 5) is 24.6. The van der Waals surface area contributed by atoms with E-state index in [1.165, 1.54) is 12.1 Å². The summed E-state index contributed by atoms with van der Waals surface area (Å²) in [7, 11) is 0. The Morgan fingerprint density at radius 2 is 2.33 bits per heavy atom. The number of rotatable bonds is 3. The van der Waals surface area contributed by atoms with Gasteiger partial charge in [0.2, 0.25) is 0 Å². The van der Waals surface area contributed by atoms with Crippen molar-refractivity contribution in [3.63, 3.8) is 0 Å². The van der Waals surface area contributed by atoms with Gasteiger partial charge in [-0.2, -0.15) is 11.8 Å². The fraction of sp³-hybridized carbons (Fsp3) is 0.417. The molecule has 1 aromatic rings. The molecule has 114 valence electrons. The van der Waals surface area contributed by atoms with Crippen LogP contribution >= 0.6 is 23.4 Å². The number of hydrazine groups is 1. The van der Waals surface area contributed by atoms with Crippen LogP contribution in [0.3, 0.4) is 0 Å². The van der Waals surface area contributed by atoms with Crippen LogP contribution in [-0.4, -0.2) is 39.8 Å². The number of thioether (sulfide) groups is 1. The molecule has 1 saturated heterocycles. The quantitative estimate of drug-likeness (QED) is 0.500. The molecule has 1 aromatic carbocycles. The van der Waals surface area contributed by atoms with Crippen molar-refractivity contribution in [3.8, 4) is 0 Å². The first kappa shape index (κ1) is 15.9. The average molecular weight is 331 g/mol. The number of hydrogen-bond acceptors (Lipinski definition) is 6. The zero-order valence-corrected chi connectivity index (χ0v) is 12.9. The molecule has 1 atom stereocenters. The summed E-state index contributed by atoms with van der Waals surface area (Å²) in [6, 6.07) is 2.61. The van der Waals surface area contributed by atoms with E-state index >= 15 is 0 Å². The summed E-state index contributed by atoms with van der Waals surface area (Å²) >= 11 is 7.77. The van der Waals surface area contributed by atoms with Crippen LogP contribution in [0.2, 0.25) is 5.02 Å². The van der Waals surface area contributed by atoms with Crippen molar-refractivity contribution in [1.82, 2.24) is 4.90 Å². The summed E-state index contributed by atoms with van der Waals surface area (Å²) < 4.78 is 0. The number of halogens is 1. The number of carbonyl (C=O) groups excluding carboxylic acids is 1. The maximum Gasteiger partial charge on any atom is 0.295 e. The van der Waals surface area contributed by atoms with E-state index in [0.717, 1.165) is 5.75 Å². The predicted octanol–water partition coefficient (Wildman–Crippen LogP) is 2.11. The fourth-order valence-electron chi connectivity index (χ4n) is 2.19. The Bertz CT molecular complexity index is 584. The van der Waals surface area contributed by atoms with E-state index < -0.39 is 4.92 Å². The molecular weight excluding hydrogens is 316 g/mol. The number of carbonyl (C=O) groups is 1. The zero-order valence-electron chi connectivity index (χ0n) is 11.3. The SMILES string of the molecule is CC1CN(C(=O)c2cc(Cl)c(NN)c([N+](=O)[O-])c2)CCS1. The van der Waals surface area contributed by atoms with Crippen LogP contribution in [0.15, 0.2) is 12.1 Å². The van der Waals surface area contributed by atoms with Gasteiger partial charge in [0.25, 0.3) is 11.6 Å². The molecule has 0 aromatic heterocycles. The fourth-order valence-corrected chi connectivity index (χ4v) is 3.47. The molecule has 1 aliphatic heterocycles. The molecule has 1 fully saturated rings. The molecule has 0 bridgehead atoms. The lowest BCUT2D eigenvalue weighted by molar-refractivity contribution is -0.384. The second-order valence-electron chi connectivity index (χ2n) is 4.69. The van der Waals surface area contributed by atoms with E-state index in [2.05, 4.69) is 5.43 Å². The minimum atomic E-state index is -0.619. The summed E-state index contributed by atoms with van der Waals surface area (Å²) in [5.74, 6) is 5.84. The van der Waals surface area contributed by atoms with Gasteiger partial charge < -0.3 is 10.3 Å². The normalized spacial score (nSPS) is 18.4. The van der Waals surface area contributed by atoms with Crippen LogP contribution in [0, 0.1) is 10.1 Å². The number of nitrogen functional groups attached to an aromatic ring is 1. The molecule has 3 N–H and O–H groups in total. The topological polar surface area (TPSA) is 102 Å². The first-order valence-electron chi connectivity index (χ1n) is 6.29. The van der Waals surface area contributed by atoms with Crippen LogP contribution in [-0.2, 0) is 0 Å². The molecular formula is C12H15ClN4O3S. The number of nitro benzene ring substituents is 1. The van der Waals surface area contributed by atoms with Crippen molar-refractivity contribution in [2.45, 2.75) is 12.2 Å². The summed E-state index contributed by atoms with van der Waals surface area (Å²) in [6.45, 7) is 3.28. The van der Waals surface area contributed by atoms with Gasteiger partial charge in [-0.25, -0.2) is 0 Å². The predicted molar refractivity (Wildman–Crippen MR) is 83.7 cm³/mol. The van der Waals surface area contributed by atoms with Crippen molar-refractivity contribution >= 4 is 40.6 Å². The lowest BCUT2D eigenvalue weighted by atomic mass is 10.1. The first-order valence-corrected chi connectivity index (χ1v) is 7.72. The van der Waals surface area contributed by atoms with Crippen molar-refractivity contribution in [2.24, 2.45) is 5.84 Å². The molecule has 21 heavy (non-hydrogen) atoms. The Morgan fingerprint density at radius 1 is 1.62 bits per heavy atom. The molecule has 9 heteroatoms. The molecule has 7 nitrogen and oxygen atoms in total. The molecule has 1 aliphatic rings. The lowest BCUT2D eigenvalue weighted by Crippen LogP contribution is -2.41. The van der Waals surface area contributed by atoms with Crippen LogP contribution in [0.25, 0.3) is 0 Å².